The first-order valence-corrected chi connectivity index (χ1v) is 7.64. The molecule has 0 aromatic carbocycles. The molecule has 1 heterocycles. The second-order valence-corrected chi connectivity index (χ2v) is 7.12. The van der Waals surface area contributed by atoms with E-state index in [9.17, 15) is 4.79 Å². The third kappa shape index (κ3) is 5.84. The first-order chi connectivity index (χ1) is 9.74. The van der Waals surface area contributed by atoms with E-state index in [1.54, 1.807) is 6.20 Å². The third-order valence-electron chi connectivity index (χ3n) is 3.47. The number of hydrogen-bond donors (Lipinski definition) is 1. The van der Waals surface area contributed by atoms with Gasteiger partial charge in [0.2, 0.25) is 5.91 Å². The fourth-order valence-corrected chi connectivity index (χ4v) is 2.45. The molecule has 0 saturated heterocycles. The molecule has 1 rings (SSSR count). The number of hydrogen-bond acceptors (Lipinski definition) is 3. The largest absolute Gasteiger partial charge is 0.336 e. The van der Waals surface area contributed by atoms with Crippen LogP contribution in [0.3, 0.4) is 0 Å². The second kappa shape index (κ2) is 7.55. The number of carbonyl (C=O) groups is 1. The Balaban J connectivity index is 2.86. The zero-order chi connectivity index (χ0) is 16.0. The average molecular weight is 291 g/mol. The molecule has 0 fully saturated rings. The first-order valence-electron chi connectivity index (χ1n) is 7.64. The summed E-state index contributed by atoms with van der Waals surface area (Å²) in [5, 5.41) is 0. The third-order valence-corrected chi connectivity index (χ3v) is 3.47. The van der Waals surface area contributed by atoms with E-state index >= 15 is 0 Å². The molecule has 1 unspecified atom stereocenters. The summed E-state index contributed by atoms with van der Waals surface area (Å²) in [6.07, 6.45) is 4.36. The Labute approximate surface area is 128 Å². The Morgan fingerprint density at radius 2 is 2.05 bits per heavy atom. The van der Waals surface area contributed by atoms with Crippen LogP contribution < -0.4 is 5.73 Å². The van der Waals surface area contributed by atoms with Crippen LogP contribution >= 0.6 is 0 Å². The van der Waals surface area contributed by atoms with E-state index in [0.29, 0.717) is 13.1 Å². The van der Waals surface area contributed by atoms with Gasteiger partial charge in [0.25, 0.3) is 0 Å². The van der Waals surface area contributed by atoms with Crippen molar-refractivity contribution in [3.63, 3.8) is 0 Å². The second-order valence-electron chi connectivity index (χ2n) is 7.12. The Hall–Kier alpha value is -1.42. The number of carbonyl (C=O) groups excluding carboxylic acids is 1. The maximum atomic E-state index is 12.8. The predicted molar refractivity (Wildman–Crippen MR) is 86.5 cm³/mol. The maximum Gasteiger partial charge on any atom is 0.227 e. The minimum atomic E-state index is -0.121. The average Bonchev–Trinajstić information content (AvgIpc) is 2.41. The molecule has 21 heavy (non-hydrogen) atoms. The molecule has 4 nitrogen and oxygen atoms in total. The molecule has 2 N–H and O–H groups in total. The first kappa shape index (κ1) is 17.6. The van der Waals surface area contributed by atoms with Crippen LogP contribution in [0.1, 0.15) is 46.6 Å². The van der Waals surface area contributed by atoms with Crippen LogP contribution in [0.2, 0.25) is 0 Å². The standard InChI is InChI=1S/C17H29N3O/c1-13(2)20(12-14-7-6-8-19-11-14)16(21)15(10-18)9-17(3,4)5/h6-8,11,13,15H,9-10,12,18H2,1-5H3. The summed E-state index contributed by atoms with van der Waals surface area (Å²) in [7, 11) is 0. The summed E-state index contributed by atoms with van der Waals surface area (Å²) in [6.45, 7) is 11.5. The van der Waals surface area contributed by atoms with Crippen LogP contribution in [0.5, 0.6) is 0 Å². The lowest BCUT2D eigenvalue weighted by atomic mass is 9.84. The van der Waals surface area contributed by atoms with Gasteiger partial charge in [-0.2, -0.15) is 0 Å². The Kier molecular flexibility index (Phi) is 6.34. The van der Waals surface area contributed by atoms with Crippen molar-refractivity contribution in [1.29, 1.82) is 0 Å². The van der Waals surface area contributed by atoms with Gasteiger partial charge < -0.3 is 10.6 Å². The van der Waals surface area contributed by atoms with Gasteiger partial charge >= 0.3 is 0 Å². The van der Waals surface area contributed by atoms with E-state index in [1.165, 1.54) is 0 Å². The molecule has 0 spiro atoms. The summed E-state index contributed by atoms with van der Waals surface area (Å²) in [4.78, 5) is 18.8. The van der Waals surface area contributed by atoms with Crippen LogP contribution in [0, 0.1) is 11.3 Å². The minimum Gasteiger partial charge on any atom is -0.336 e. The van der Waals surface area contributed by atoms with Gasteiger partial charge in [-0.05, 0) is 37.3 Å². The lowest BCUT2D eigenvalue weighted by Crippen LogP contribution is -2.43. The summed E-state index contributed by atoms with van der Waals surface area (Å²) in [5.74, 6) is 0.0235. The maximum absolute atomic E-state index is 12.8. The van der Waals surface area contributed by atoms with Gasteiger partial charge in [-0.15, -0.1) is 0 Å². The quantitative estimate of drug-likeness (QED) is 0.876. The van der Waals surface area contributed by atoms with Crippen molar-refractivity contribution in [1.82, 2.24) is 9.88 Å². The highest BCUT2D eigenvalue weighted by Crippen LogP contribution is 2.26. The normalized spacial score (nSPS) is 13.3. The lowest BCUT2D eigenvalue weighted by Gasteiger charge is -2.33. The van der Waals surface area contributed by atoms with Crippen LogP contribution in [0.4, 0.5) is 0 Å². The number of pyridine rings is 1. The monoisotopic (exact) mass is 291 g/mol. The molecule has 0 radical (unpaired) electrons. The van der Waals surface area contributed by atoms with Crippen LogP contribution in [0.25, 0.3) is 0 Å². The highest BCUT2D eigenvalue weighted by Gasteiger charge is 2.28. The van der Waals surface area contributed by atoms with Gasteiger partial charge in [0.1, 0.15) is 0 Å². The van der Waals surface area contributed by atoms with Crippen LogP contribution in [-0.2, 0) is 11.3 Å². The van der Waals surface area contributed by atoms with Crippen molar-refractivity contribution < 1.29 is 4.79 Å². The smallest absolute Gasteiger partial charge is 0.227 e. The van der Waals surface area contributed by atoms with E-state index < -0.39 is 0 Å². The number of nitrogens with two attached hydrogens (primary N) is 1. The summed E-state index contributed by atoms with van der Waals surface area (Å²) < 4.78 is 0. The van der Waals surface area contributed by atoms with Crippen LogP contribution in [-0.4, -0.2) is 28.4 Å². The molecule has 0 aliphatic heterocycles. The number of nitrogens with zero attached hydrogens (tertiary/aromatic N) is 2. The van der Waals surface area contributed by atoms with Gasteiger partial charge in [0.05, 0.1) is 5.92 Å². The zero-order valence-corrected chi connectivity index (χ0v) is 14.0. The molecule has 0 aliphatic rings. The van der Waals surface area contributed by atoms with Crippen molar-refractivity contribution in [3.05, 3.63) is 30.1 Å². The number of aromatic nitrogens is 1. The molecular weight excluding hydrogens is 262 g/mol. The van der Waals surface area contributed by atoms with Gasteiger partial charge in [-0.25, -0.2) is 0 Å². The van der Waals surface area contributed by atoms with Crippen molar-refractivity contribution >= 4 is 5.91 Å². The fraction of sp³-hybridized carbons (Fsp3) is 0.647. The SMILES string of the molecule is CC(C)N(Cc1cccnc1)C(=O)C(CN)CC(C)(C)C. The fourth-order valence-electron chi connectivity index (χ4n) is 2.45. The van der Waals surface area contributed by atoms with Crippen molar-refractivity contribution in [2.45, 2.75) is 53.6 Å². The molecule has 1 atom stereocenters. The van der Waals surface area contributed by atoms with E-state index in [-0.39, 0.29) is 23.3 Å². The highest BCUT2D eigenvalue weighted by atomic mass is 16.2. The van der Waals surface area contributed by atoms with E-state index in [0.717, 1.165) is 12.0 Å². The molecule has 0 aliphatic carbocycles. The lowest BCUT2D eigenvalue weighted by molar-refractivity contribution is -0.138. The summed E-state index contributed by atoms with van der Waals surface area (Å²) >= 11 is 0. The Morgan fingerprint density at radius 1 is 1.38 bits per heavy atom. The molecule has 1 aromatic rings. The molecule has 4 heteroatoms. The molecule has 118 valence electrons. The molecule has 0 saturated carbocycles. The number of amides is 1. The zero-order valence-electron chi connectivity index (χ0n) is 14.0. The summed E-state index contributed by atoms with van der Waals surface area (Å²) in [6, 6.07) is 4.04. The van der Waals surface area contributed by atoms with E-state index in [2.05, 4.69) is 25.8 Å². The Morgan fingerprint density at radius 3 is 2.48 bits per heavy atom. The molecule has 0 bridgehead atoms. The van der Waals surface area contributed by atoms with Gasteiger partial charge in [-0.3, -0.25) is 9.78 Å². The Bertz CT molecular complexity index is 437. The summed E-state index contributed by atoms with van der Waals surface area (Å²) in [5.41, 5.74) is 6.99. The topological polar surface area (TPSA) is 59.2 Å². The highest BCUT2D eigenvalue weighted by molar-refractivity contribution is 5.79. The van der Waals surface area contributed by atoms with Gasteiger partial charge in [0.15, 0.2) is 0 Å². The number of rotatable bonds is 6. The van der Waals surface area contributed by atoms with Crippen molar-refractivity contribution in [3.8, 4) is 0 Å². The predicted octanol–water partition coefficient (Wildman–Crippen LogP) is 2.83. The molecule has 1 aromatic heterocycles. The van der Waals surface area contributed by atoms with Crippen LogP contribution in [0.15, 0.2) is 24.5 Å². The minimum absolute atomic E-state index is 0.0939. The van der Waals surface area contributed by atoms with E-state index in [1.807, 2.05) is 37.1 Å². The van der Waals surface area contributed by atoms with Crippen molar-refractivity contribution in [2.75, 3.05) is 6.54 Å². The molecular formula is C17H29N3O. The van der Waals surface area contributed by atoms with Gasteiger partial charge in [-0.1, -0.05) is 26.8 Å². The molecule has 1 amide bonds. The van der Waals surface area contributed by atoms with E-state index in [4.69, 9.17) is 5.73 Å². The van der Waals surface area contributed by atoms with Crippen molar-refractivity contribution in [2.24, 2.45) is 17.1 Å². The van der Waals surface area contributed by atoms with Gasteiger partial charge in [0, 0.05) is 31.5 Å².